The Kier molecular flexibility index (Phi) is 8.47. The number of carbonyl (C=O) groups is 2. The minimum absolute atomic E-state index is 0.132. The molecule has 0 unspecified atom stereocenters. The summed E-state index contributed by atoms with van der Waals surface area (Å²) in [5, 5.41) is 22.0. The van der Waals surface area contributed by atoms with E-state index in [2.05, 4.69) is 5.32 Å². The Morgan fingerprint density at radius 1 is 0.958 bits per heavy atom. The number of fused-ring (bicyclic) bond motifs is 1. The molecule has 1 aromatic rings. The van der Waals surface area contributed by atoms with Gasteiger partial charge in [-0.1, -0.05) is 27.7 Å². The van der Waals surface area contributed by atoms with Gasteiger partial charge in [-0.2, -0.15) is 0 Å². The summed E-state index contributed by atoms with van der Waals surface area (Å²) in [6.07, 6.45) is 0.604. The molecule has 0 atom stereocenters. The molecular formula is C18H30N2O4. The van der Waals surface area contributed by atoms with E-state index in [0.717, 1.165) is 17.0 Å². The maximum atomic E-state index is 12.2. The highest BCUT2D eigenvalue weighted by molar-refractivity contribution is 6.21. The second-order valence-electron chi connectivity index (χ2n) is 5.53. The zero-order valence-corrected chi connectivity index (χ0v) is 15.7. The number of amides is 2. The minimum Gasteiger partial charge on any atom is -0.504 e. The van der Waals surface area contributed by atoms with Crippen LogP contribution in [0.15, 0.2) is 12.1 Å². The molecule has 0 radical (unpaired) electrons. The van der Waals surface area contributed by atoms with Crippen molar-refractivity contribution >= 4 is 11.8 Å². The van der Waals surface area contributed by atoms with E-state index >= 15 is 0 Å². The zero-order valence-electron chi connectivity index (χ0n) is 15.7. The van der Waals surface area contributed by atoms with Crippen molar-refractivity contribution in [3.8, 4) is 11.5 Å². The van der Waals surface area contributed by atoms with Crippen molar-refractivity contribution in [2.24, 2.45) is 0 Å². The Hall–Kier alpha value is -2.08. The van der Waals surface area contributed by atoms with Crippen LogP contribution in [0.3, 0.4) is 0 Å². The lowest BCUT2D eigenvalue weighted by atomic mass is 10.0. The summed E-state index contributed by atoms with van der Waals surface area (Å²) < 4.78 is 0. The second-order valence-corrected chi connectivity index (χ2v) is 5.53. The fraction of sp³-hybridized carbons (Fsp3) is 0.556. The average Bonchev–Trinajstić information content (AvgIpc) is 2.81. The molecule has 0 aliphatic carbocycles. The molecule has 0 bridgehead atoms. The van der Waals surface area contributed by atoms with Gasteiger partial charge in [-0.15, -0.1) is 0 Å². The largest absolute Gasteiger partial charge is 0.504 e. The molecule has 0 aromatic heterocycles. The minimum atomic E-state index is -0.438. The van der Waals surface area contributed by atoms with E-state index in [9.17, 15) is 19.8 Å². The molecule has 1 aliphatic rings. The highest BCUT2D eigenvalue weighted by atomic mass is 16.3. The van der Waals surface area contributed by atoms with Gasteiger partial charge in [0.1, 0.15) is 0 Å². The topological polar surface area (TPSA) is 89.9 Å². The van der Waals surface area contributed by atoms with Gasteiger partial charge in [0, 0.05) is 12.1 Å². The lowest BCUT2D eigenvalue weighted by Crippen LogP contribution is -2.41. The highest BCUT2D eigenvalue weighted by Crippen LogP contribution is 2.33. The SMILES string of the molecule is CC.CC.CNC(C)(C)CCN1C(=O)c2cc(O)c(O)cc2C1=O. The number of imide groups is 1. The van der Waals surface area contributed by atoms with Gasteiger partial charge in [0.05, 0.1) is 11.1 Å². The summed E-state index contributed by atoms with van der Waals surface area (Å²) in [4.78, 5) is 25.5. The van der Waals surface area contributed by atoms with Crippen LogP contribution in [0.5, 0.6) is 11.5 Å². The number of phenolic OH excluding ortho intramolecular Hbond substituents is 2. The smallest absolute Gasteiger partial charge is 0.261 e. The third kappa shape index (κ3) is 4.71. The van der Waals surface area contributed by atoms with Crippen LogP contribution in [-0.4, -0.2) is 46.1 Å². The molecule has 0 saturated carbocycles. The van der Waals surface area contributed by atoms with Crippen molar-refractivity contribution in [2.75, 3.05) is 13.6 Å². The van der Waals surface area contributed by atoms with Gasteiger partial charge in [0.15, 0.2) is 11.5 Å². The number of nitrogens with one attached hydrogen (secondary N) is 1. The van der Waals surface area contributed by atoms with Crippen molar-refractivity contribution < 1.29 is 19.8 Å². The first kappa shape index (κ1) is 21.9. The van der Waals surface area contributed by atoms with Crippen molar-refractivity contribution in [3.63, 3.8) is 0 Å². The standard InChI is InChI=1S/C14H18N2O4.2C2H6/c1-14(2,15-3)4-5-16-12(19)8-6-10(17)11(18)7-9(8)13(16)20;2*1-2/h6-7,15,17-18H,4-5H2,1-3H3;2*1-2H3. The number of phenols is 2. The van der Waals surface area contributed by atoms with Gasteiger partial charge in [-0.25, -0.2) is 0 Å². The summed E-state index contributed by atoms with van der Waals surface area (Å²) in [5.74, 6) is -1.68. The lowest BCUT2D eigenvalue weighted by molar-refractivity contribution is 0.0642. The zero-order chi connectivity index (χ0) is 19.1. The van der Waals surface area contributed by atoms with Crippen LogP contribution in [0.2, 0.25) is 0 Å². The van der Waals surface area contributed by atoms with E-state index in [1.54, 1.807) is 0 Å². The maximum absolute atomic E-state index is 12.2. The van der Waals surface area contributed by atoms with Crippen LogP contribution in [0.1, 0.15) is 68.7 Å². The summed E-state index contributed by atoms with van der Waals surface area (Å²) in [6.45, 7) is 12.2. The van der Waals surface area contributed by atoms with Gasteiger partial charge in [0.25, 0.3) is 11.8 Å². The average molecular weight is 338 g/mol. The molecule has 0 fully saturated rings. The van der Waals surface area contributed by atoms with E-state index in [1.807, 2.05) is 48.6 Å². The molecule has 6 nitrogen and oxygen atoms in total. The van der Waals surface area contributed by atoms with Crippen molar-refractivity contribution in [3.05, 3.63) is 23.3 Å². The van der Waals surface area contributed by atoms with E-state index in [0.29, 0.717) is 6.42 Å². The molecule has 2 rings (SSSR count). The predicted molar refractivity (Wildman–Crippen MR) is 95.6 cm³/mol. The van der Waals surface area contributed by atoms with Crippen LogP contribution >= 0.6 is 0 Å². The van der Waals surface area contributed by atoms with Gasteiger partial charge in [-0.3, -0.25) is 14.5 Å². The first-order chi connectivity index (χ1) is 11.3. The number of hydrogen-bond acceptors (Lipinski definition) is 5. The normalized spacial score (nSPS) is 12.9. The first-order valence-corrected chi connectivity index (χ1v) is 8.38. The van der Waals surface area contributed by atoms with Crippen LogP contribution < -0.4 is 5.32 Å². The first-order valence-electron chi connectivity index (χ1n) is 8.38. The molecule has 3 N–H and O–H groups in total. The summed E-state index contributed by atoms with van der Waals surface area (Å²) in [6, 6.07) is 2.27. The fourth-order valence-corrected chi connectivity index (χ4v) is 2.03. The molecule has 0 spiro atoms. The van der Waals surface area contributed by atoms with Crippen molar-refractivity contribution in [1.82, 2.24) is 10.2 Å². The van der Waals surface area contributed by atoms with Gasteiger partial charge >= 0.3 is 0 Å². The molecule has 1 heterocycles. The maximum Gasteiger partial charge on any atom is 0.261 e. The second kappa shape index (κ2) is 9.27. The number of nitrogens with zero attached hydrogens (tertiary/aromatic N) is 1. The Balaban J connectivity index is 0.00000123. The molecule has 2 amide bonds. The Bertz CT molecular complexity index is 542. The number of benzene rings is 1. The van der Waals surface area contributed by atoms with E-state index in [-0.39, 0.29) is 23.2 Å². The van der Waals surface area contributed by atoms with Gasteiger partial charge in [0.2, 0.25) is 0 Å². The van der Waals surface area contributed by atoms with Crippen LogP contribution in [0.4, 0.5) is 0 Å². The van der Waals surface area contributed by atoms with Gasteiger partial charge in [-0.05, 0) is 39.4 Å². The third-order valence-corrected chi connectivity index (χ3v) is 3.70. The van der Waals surface area contributed by atoms with Crippen LogP contribution in [0.25, 0.3) is 0 Å². The number of hydrogen-bond donors (Lipinski definition) is 3. The molecule has 1 aliphatic heterocycles. The molecule has 24 heavy (non-hydrogen) atoms. The predicted octanol–water partition coefficient (Wildman–Crippen LogP) is 3.13. The Labute approximate surface area is 144 Å². The lowest BCUT2D eigenvalue weighted by Gasteiger charge is -2.26. The van der Waals surface area contributed by atoms with E-state index in [4.69, 9.17) is 0 Å². The highest BCUT2D eigenvalue weighted by Gasteiger charge is 2.37. The van der Waals surface area contributed by atoms with Gasteiger partial charge < -0.3 is 15.5 Å². The monoisotopic (exact) mass is 338 g/mol. The van der Waals surface area contributed by atoms with E-state index < -0.39 is 23.3 Å². The molecule has 6 heteroatoms. The molecular weight excluding hydrogens is 308 g/mol. The summed E-state index contributed by atoms with van der Waals surface area (Å²) in [5.41, 5.74) is 0.0692. The van der Waals surface area contributed by atoms with Crippen molar-refractivity contribution in [1.29, 1.82) is 0 Å². The van der Waals surface area contributed by atoms with Crippen molar-refractivity contribution in [2.45, 2.75) is 53.5 Å². The Morgan fingerprint density at radius 3 is 1.67 bits per heavy atom. The fourth-order valence-electron chi connectivity index (χ4n) is 2.03. The van der Waals surface area contributed by atoms with E-state index in [1.165, 1.54) is 0 Å². The van der Waals surface area contributed by atoms with Crippen LogP contribution in [0, 0.1) is 0 Å². The molecule has 136 valence electrons. The third-order valence-electron chi connectivity index (χ3n) is 3.70. The molecule has 0 saturated heterocycles. The number of aromatic hydroxyl groups is 2. The summed E-state index contributed by atoms with van der Waals surface area (Å²) >= 11 is 0. The number of carbonyl (C=O) groups excluding carboxylic acids is 2. The number of rotatable bonds is 4. The quantitative estimate of drug-likeness (QED) is 0.580. The summed E-state index contributed by atoms with van der Waals surface area (Å²) in [7, 11) is 1.82. The molecule has 1 aromatic carbocycles. The Morgan fingerprint density at radius 2 is 1.33 bits per heavy atom. The van der Waals surface area contributed by atoms with Crippen LogP contribution in [-0.2, 0) is 0 Å².